The lowest BCUT2D eigenvalue weighted by Crippen LogP contribution is -2.62. The van der Waals surface area contributed by atoms with E-state index in [0.29, 0.717) is 36.4 Å². The van der Waals surface area contributed by atoms with Crippen LogP contribution < -0.4 is 14.0 Å². The summed E-state index contributed by atoms with van der Waals surface area (Å²) in [5.74, 6) is 2.30. The van der Waals surface area contributed by atoms with Gasteiger partial charge in [-0.2, -0.15) is 0 Å². The predicted octanol–water partition coefficient (Wildman–Crippen LogP) is 1.84. The van der Waals surface area contributed by atoms with Crippen LogP contribution in [0, 0.1) is 6.92 Å². The predicted molar refractivity (Wildman–Crippen MR) is 109 cm³/mol. The summed E-state index contributed by atoms with van der Waals surface area (Å²) in [6.07, 6.45) is 2.68. The quantitative estimate of drug-likeness (QED) is 0.678. The van der Waals surface area contributed by atoms with Crippen molar-refractivity contribution in [2.75, 3.05) is 27.8 Å². The fourth-order valence-corrected chi connectivity index (χ4v) is 4.08. The number of hydrogen-bond donors (Lipinski definition) is 0. The van der Waals surface area contributed by atoms with Crippen molar-refractivity contribution in [1.29, 1.82) is 0 Å². The Morgan fingerprint density at radius 1 is 1.17 bits per heavy atom. The van der Waals surface area contributed by atoms with E-state index < -0.39 is 6.04 Å². The maximum atomic E-state index is 12.9. The van der Waals surface area contributed by atoms with Gasteiger partial charge >= 0.3 is 12.0 Å². The number of methoxy groups -OCH3 is 2. The molecule has 0 bridgehead atoms. The number of urea groups is 1. The highest BCUT2D eigenvalue weighted by atomic mass is 16.5. The molecule has 1 atom stereocenters. The second-order valence-electron chi connectivity index (χ2n) is 7.37. The molecule has 0 N–H and O–H groups in total. The lowest BCUT2D eigenvalue weighted by atomic mass is 10.1. The Bertz CT molecular complexity index is 1060. The van der Waals surface area contributed by atoms with Crippen LogP contribution in [-0.2, 0) is 17.8 Å². The third-order valence-corrected chi connectivity index (χ3v) is 5.71. The van der Waals surface area contributed by atoms with Gasteiger partial charge in [-0.15, -0.1) is 0 Å². The number of hydrogen-bond acceptors (Lipinski definition) is 5. The molecule has 9 nitrogen and oxygen atoms in total. The van der Waals surface area contributed by atoms with E-state index in [1.807, 2.05) is 35.9 Å². The Morgan fingerprint density at radius 3 is 2.57 bits per heavy atom. The molecule has 3 amide bonds. The number of carbonyl (C=O) groups excluding carboxylic acids is 2. The first kappa shape index (κ1) is 19.9. The van der Waals surface area contributed by atoms with Gasteiger partial charge in [-0.25, -0.2) is 13.9 Å². The summed E-state index contributed by atoms with van der Waals surface area (Å²) < 4.78 is 14.6. The number of aryl methyl sites for hydroxylation is 2. The van der Waals surface area contributed by atoms with Gasteiger partial charge in [0.1, 0.15) is 11.9 Å². The monoisotopic (exact) mass is 412 g/mol. The smallest absolute Gasteiger partial charge is 0.401 e. The molecule has 9 heteroatoms. The number of amides is 3. The zero-order valence-corrected chi connectivity index (χ0v) is 17.9. The largest absolute Gasteiger partial charge is 0.493 e. The fraction of sp³-hybridized carbons (Fsp3) is 0.429. The second-order valence-corrected chi connectivity index (χ2v) is 7.37. The van der Waals surface area contributed by atoms with E-state index >= 15 is 0 Å². The van der Waals surface area contributed by atoms with E-state index in [9.17, 15) is 9.59 Å². The summed E-state index contributed by atoms with van der Waals surface area (Å²) in [4.78, 5) is 32.8. The van der Waals surface area contributed by atoms with E-state index in [2.05, 4.69) is 9.56 Å². The molecule has 2 aliphatic rings. The minimum Gasteiger partial charge on any atom is -0.493 e. The van der Waals surface area contributed by atoms with Gasteiger partial charge in [-0.05, 0) is 31.5 Å². The molecular formula is C21H26N5O4+. The number of likely N-dealkylation sites (N-methyl/N-ethyl adjacent to an activating group) is 2. The summed E-state index contributed by atoms with van der Waals surface area (Å²) in [6, 6.07) is 4.93. The van der Waals surface area contributed by atoms with Gasteiger partial charge in [-0.3, -0.25) is 14.6 Å². The highest BCUT2D eigenvalue weighted by Gasteiger charge is 2.52. The number of amidine groups is 1. The van der Waals surface area contributed by atoms with Crippen molar-refractivity contribution in [3.05, 3.63) is 35.7 Å². The molecule has 3 heterocycles. The molecule has 1 aromatic heterocycles. The van der Waals surface area contributed by atoms with Crippen LogP contribution in [0.3, 0.4) is 0 Å². The Morgan fingerprint density at radius 2 is 1.90 bits per heavy atom. The molecule has 0 saturated carbocycles. The molecule has 4 rings (SSSR count). The number of fused-ring (bicyclic) bond motifs is 3. The maximum absolute atomic E-state index is 12.9. The third kappa shape index (κ3) is 2.92. The van der Waals surface area contributed by atoms with Gasteiger partial charge in [0, 0.05) is 20.0 Å². The minimum atomic E-state index is -0.594. The molecule has 2 aliphatic heterocycles. The van der Waals surface area contributed by atoms with Crippen molar-refractivity contribution in [3.8, 4) is 11.5 Å². The summed E-state index contributed by atoms with van der Waals surface area (Å²) in [6.45, 7) is 4.80. The van der Waals surface area contributed by atoms with Crippen molar-refractivity contribution < 1.29 is 23.6 Å². The standard InChI is InChI=1S/C21H26N5O4/c1-6-24-19(27)17-18(23(3)21(24)28)22-20-25(13(2)12-26(17)20)10-9-14-7-8-15(29-4)16(11-14)30-5/h7-8,11-12,17H,6,9-10H2,1-5H3/q+1. The van der Waals surface area contributed by atoms with Crippen LogP contribution in [0.5, 0.6) is 11.5 Å². The molecule has 2 aromatic rings. The number of benzene rings is 1. The number of aromatic nitrogens is 2. The molecule has 1 fully saturated rings. The third-order valence-electron chi connectivity index (χ3n) is 5.71. The van der Waals surface area contributed by atoms with Crippen LogP contribution in [0.4, 0.5) is 10.7 Å². The van der Waals surface area contributed by atoms with Gasteiger partial charge in [0.2, 0.25) is 11.9 Å². The van der Waals surface area contributed by atoms with Crippen molar-refractivity contribution in [3.63, 3.8) is 0 Å². The molecule has 0 radical (unpaired) electrons. The normalized spacial score (nSPS) is 17.8. The Balaban J connectivity index is 1.63. The van der Waals surface area contributed by atoms with Crippen LogP contribution in [-0.4, -0.2) is 60.0 Å². The van der Waals surface area contributed by atoms with Crippen molar-refractivity contribution in [2.24, 2.45) is 4.99 Å². The van der Waals surface area contributed by atoms with Crippen LogP contribution in [0.1, 0.15) is 24.2 Å². The Kier molecular flexibility index (Phi) is 4.97. The molecule has 0 aliphatic carbocycles. The van der Waals surface area contributed by atoms with Crippen molar-refractivity contribution in [1.82, 2.24) is 14.4 Å². The van der Waals surface area contributed by atoms with Gasteiger partial charge in [-0.1, -0.05) is 11.1 Å². The number of rotatable bonds is 6. The SMILES string of the molecule is CCN1C(=O)C2C(=Nc3n(CCc4ccc(OC)c(OC)c4)c(C)c[n+]32)N(C)C1=O. The highest BCUT2D eigenvalue weighted by Crippen LogP contribution is 2.30. The Hall–Kier alpha value is -3.36. The van der Waals surface area contributed by atoms with Gasteiger partial charge in [0.25, 0.3) is 5.91 Å². The number of imidazole rings is 1. The van der Waals surface area contributed by atoms with E-state index in [4.69, 9.17) is 9.47 Å². The second kappa shape index (κ2) is 7.47. The lowest BCUT2D eigenvalue weighted by Gasteiger charge is -2.32. The van der Waals surface area contributed by atoms with Crippen LogP contribution >= 0.6 is 0 Å². The van der Waals surface area contributed by atoms with E-state index in [1.165, 1.54) is 9.80 Å². The van der Waals surface area contributed by atoms with E-state index in [0.717, 1.165) is 17.7 Å². The highest BCUT2D eigenvalue weighted by molar-refractivity contribution is 6.19. The number of carbonyl (C=O) groups is 2. The van der Waals surface area contributed by atoms with Crippen molar-refractivity contribution in [2.45, 2.75) is 32.9 Å². The zero-order valence-electron chi connectivity index (χ0n) is 17.9. The van der Waals surface area contributed by atoms with Gasteiger partial charge in [0.05, 0.1) is 20.8 Å². The summed E-state index contributed by atoms with van der Waals surface area (Å²) in [5.41, 5.74) is 2.10. The van der Waals surface area contributed by atoms with Crippen molar-refractivity contribution >= 4 is 23.7 Å². The Labute approximate surface area is 175 Å². The average Bonchev–Trinajstić information content (AvgIpc) is 3.25. The molecule has 1 unspecified atom stereocenters. The molecule has 1 aromatic carbocycles. The summed E-state index contributed by atoms with van der Waals surface area (Å²) in [5, 5.41) is 0. The van der Waals surface area contributed by atoms with Gasteiger partial charge in [0.15, 0.2) is 11.5 Å². The summed E-state index contributed by atoms with van der Waals surface area (Å²) >= 11 is 0. The maximum Gasteiger partial charge on any atom is 0.401 e. The van der Waals surface area contributed by atoms with Crippen LogP contribution in [0.2, 0.25) is 0 Å². The first-order valence-corrected chi connectivity index (χ1v) is 9.91. The first-order valence-electron chi connectivity index (χ1n) is 9.91. The summed E-state index contributed by atoms with van der Waals surface area (Å²) in [7, 11) is 4.90. The number of nitrogens with zero attached hydrogens (tertiary/aromatic N) is 5. The van der Waals surface area contributed by atoms with E-state index in [-0.39, 0.29) is 11.9 Å². The number of ether oxygens (including phenoxy) is 2. The minimum absolute atomic E-state index is 0.236. The fourth-order valence-electron chi connectivity index (χ4n) is 4.08. The molecule has 0 spiro atoms. The zero-order chi connectivity index (χ0) is 21.6. The molecule has 158 valence electrons. The first-order chi connectivity index (χ1) is 14.4. The molecule has 1 saturated heterocycles. The van der Waals surface area contributed by atoms with Crippen LogP contribution in [0.15, 0.2) is 29.4 Å². The topological polar surface area (TPSA) is 80.2 Å². The number of aliphatic imine (C=N–C) groups is 1. The molecular weight excluding hydrogens is 386 g/mol. The van der Waals surface area contributed by atoms with E-state index in [1.54, 1.807) is 28.2 Å². The van der Waals surface area contributed by atoms with Gasteiger partial charge < -0.3 is 9.47 Å². The molecule has 30 heavy (non-hydrogen) atoms. The average molecular weight is 412 g/mol. The number of imide groups is 1. The lowest BCUT2D eigenvalue weighted by molar-refractivity contribution is -0.677. The van der Waals surface area contributed by atoms with Crippen LogP contribution in [0.25, 0.3) is 0 Å².